The zero-order valence-electron chi connectivity index (χ0n) is 12.4. The number of pyridine rings is 1. The number of benzene rings is 1. The van der Waals surface area contributed by atoms with Gasteiger partial charge in [0.05, 0.1) is 13.0 Å². The normalized spacial score (nSPS) is 18.3. The Morgan fingerprint density at radius 3 is 2.91 bits per heavy atom. The fourth-order valence-electron chi connectivity index (χ4n) is 3.41. The molecule has 4 heteroatoms. The van der Waals surface area contributed by atoms with Crippen LogP contribution in [0.2, 0.25) is 0 Å². The van der Waals surface area contributed by atoms with E-state index in [0.29, 0.717) is 13.0 Å². The van der Waals surface area contributed by atoms with E-state index in [-0.39, 0.29) is 11.3 Å². The number of hydrogen-bond donors (Lipinski definition) is 0. The maximum absolute atomic E-state index is 12.3. The fraction of sp³-hybridized carbons (Fsp3) is 0.333. The molecule has 0 bridgehead atoms. The molecular weight excluding hydrogens is 276 g/mol. The Bertz CT molecular complexity index is 693. The molecule has 2 aliphatic heterocycles. The summed E-state index contributed by atoms with van der Waals surface area (Å²) in [6.07, 6.45) is 4.91. The lowest BCUT2D eigenvalue weighted by Gasteiger charge is -2.51. The van der Waals surface area contributed by atoms with Gasteiger partial charge in [-0.2, -0.15) is 0 Å². The number of hydrogen-bond acceptors (Lipinski definition) is 3. The van der Waals surface area contributed by atoms with Crippen molar-refractivity contribution < 1.29 is 9.53 Å². The number of likely N-dealkylation sites (tertiary alicyclic amines) is 1. The van der Waals surface area contributed by atoms with Gasteiger partial charge in [-0.25, -0.2) is 0 Å². The van der Waals surface area contributed by atoms with Crippen LogP contribution in [0.25, 0.3) is 0 Å². The number of aromatic nitrogens is 1. The van der Waals surface area contributed by atoms with Gasteiger partial charge in [0, 0.05) is 30.9 Å². The van der Waals surface area contributed by atoms with Crippen molar-refractivity contribution in [3.05, 3.63) is 59.9 Å². The lowest BCUT2D eigenvalue weighted by atomic mass is 9.74. The monoisotopic (exact) mass is 294 g/mol. The van der Waals surface area contributed by atoms with Crippen LogP contribution in [-0.2, 0) is 17.6 Å². The maximum atomic E-state index is 12.3. The highest BCUT2D eigenvalue weighted by atomic mass is 16.5. The van der Waals surface area contributed by atoms with Gasteiger partial charge in [-0.05, 0) is 29.7 Å². The van der Waals surface area contributed by atoms with E-state index < -0.39 is 0 Å². The van der Waals surface area contributed by atoms with E-state index in [9.17, 15) is 4.79 Å². The van der Waals surface area contributed by atoms with Crippen LogP contribution in [0.4, 0.5) is 0 Å². The number of ether oxygens (including phenoxy) is 1. The predicted octanol–water partition coefficient (Wildman–Crippen LogP) is 2.09. The van der Waals surface area contributed by atoms with Crippen LogP contribution >= 0.6 is 0 Å². The number of fused-ring (bicyclic) bond motifs is 1. The van der Waals surface area contributed by atoms with Crippen molar-refractivity contribution in [2.75, 3.05) is 19.7 Å². The van der Waals surface area contributed by atoms with E-state index in [1.807, 2.05) is 35.2 Å². The van der Waals surface area contributed by atoms with Gasteiger partial charge in [-0.1, -0.05) is 24.3 Å². The molecule has 2 aromatic rings. The van der Waals surface area contributed by atoms with Gasteiger partial charge in [0.1, 0.15) is 5.75 Å². The summed E-state index contributed by atoms with van der Waals surface area (Å²) in [5, 5.41) is 0. The largest absolute Gasteiger partial charge is 0.493 e. The van der Waals surface area contributed by atoms with Crippen LogP contribution in [-0.4, -0.2) is 35.5 Å². The van der Waals surface area contributed by atoms with Crippen LogP contribution in [0.5, 0.6) is 5.75 Å². The summed E-state index contributed by atoms with van der Waals surface area (Å²) in [5.41, 5.74) is 2.34. The highest BCUT2D eigenvalue weighted by Crippen LogP contribution is 2.41. The SMILES string of the molecule is O=C(Cc1cccnc1)N1CC2(COc3ccccc3C2)C1. The van der Waals surface area contributed by atoms with Crippen molar-refractivity contribution in [1.29, 1.82) is 0 Å². The molecule has 3 heterocycles. The Labute approximate surface area is 129 Å². The number of para-hydroxylation sites is 1. The summed E-state index contributed by atoms with van der Waals surface area (Å²) >= 11 is 0. The number of carbonyl (C=O) groups is 1. The molecule has 1 amide bonds. The second kappa shape index (κ2) is 5.13. The first kappa shape index (κ1) is 13.3. The second-order valence-corrected chi connectivity index (χ2v) is 6.36. The Morgan fingerprint density at radius 2 is 2.09 bits per heavy atom. The first-order valence-electron chi connectivity index (χ1n) is 7.62. The Hall–Kier alpha value is -2.36. The van der Waals surface area contributed by atoms with Gasteiger partial charge in [-0.3, -0.25) is 9.78 Å². The number of rotatable bonds is 2. The molecule has 1 aromatic carbocycles. The molecule has 0 atom stereocenters. The molecular formula is C18H18N2O2. The predicted molar refractivity (Wildman–Crippen MR) is 82.6 cm³/mol. The molecule has 4 rings (SSSR count). The minimum absolute atomic E-state index is 0.110. The molecule has 1 spiro atoms. The van der Waals surface area contributed by atoms with Crippen LogP contribution in [0.1, 0.15) is 11.1 Å². The Morgan fingerprint density at radius 1 is 1.23 bits per heavy atom. The number of carbonyl (C=O) groups excluding carboxylic acids is 1. The van der Waals surface area contributed by atoms with E-state index in [0.717, 1.165) is 30.8 Å². The molecule has 2 aliphatic rings. The summed E-state index contributed by atoms with van der Waals surface area (Å²) in [7, 11) is 0. The highest BCUT2D eigenvalue weighted by molar-refractivity contribution is 5.79. The van der Waals surface area contributed by atoms with E-state index in [4.69, 9.17) is 4.74 Å². The molecule has 0 radical (unpaired) electrons. The molecule has 112 valence electrons. The van der Waals surface area contributed by atoms with E-state index in [2.05, 4.69) is 11.1 Å². The summed E-state index contributed by atoms with van der Waals surface area (Å²) < 4.78 is 5.88. The highest BCUT2D eigenvalue weighted by Gasteiger charge is 2.47. The average Bonchev–Trinajstić information content (AvgIpc) is 2.53. The lowest BCUT2D eigenvalue weighted by molar-refractivity contribution is -0.145. The minimum Gasteiger partial charge on any atom is -0.493 e. The summed E-state index contributed by atoms with van der Waals surface area (Å²) in [6.45, 7) is 2.29. The molecule has 0 unspecified atom stereocenters. The van der Waals surface area contributed by atoms with Crippen LogP contribution < -0.4 is 4.74 Å². The standard InChI is InChI=1S/C18H18N2O2/c21-17(8-14-4-3-7-19-10-14)20-11-18(12-20)9-15-5-1-2-6-16(15)22-13-18/h1-7,10H,8-9,11-13H2. The van der Waals surface area contributed by atoms with Gasteiger partial charge >= 0.3 is 0 Å². The van der Waals surface area contributed by atoms with Crippen molar-refractivity contribution in [3.63, 3.8) is 0 Å². The fourth-order valence-corrected chi connectivity index (χ4v) is 3.41. The topological polar surface area (TPSA) is 42.4 Å². The zero-order chi connectivity index (χ0) is 15.0. The summed E-state index contributed by atoms with van der Waals surface area (Å²) in [6, 6.07) is 12.0. The van der Waals surface area contributed by atoms with Gasteiger partial charge in [0.15, 0.2) is 0 Å². The molecule has 0 aliphatic carbocycles. The van der Waals surface area contributed by atoms with Gasteiger partial charge in [0.2, 0.25) is 5.91 Å². The molecule has 1 fully saturated rings. The van der Waals surface area contributed by atoms with E-state index >= 15 is 0 Å². The third kappa shape index (κ3) is 2.34. The van der Waals surface area contributed by atoms with Crippen molar-refractivity contribution >= 4 is 5.91 Å². The first-order valence-corrected chi connectivity index (χ1v) is 7.62. The van der Waals surface area contributed by atoms with Crippen LogP contribution in [0, 0.1) is 5.41 Å². The quantitative estimate of drug-likeness (QED) is 0.852. The zero-order valence-corrected chi connectivity index (χ0v) is 12.4. The molecule has 1 aromatic heterocycles. The maximum Gasteiger partial charge on any atom is 0.227 e. The Kier molecular flexibility index (Phi) is 3.10. The third-order valence-electron chi connectivity index (χ3n) is 4.56. The first-order chi connectivity index (χ1) is 10.7. The molecule has 4 nitrogen and oxygen atoms in total. The van der Waals surface area contributed by atoms with Gasteiger partial charge < -0.3 is 9.64 Å². The third-order valence-corrected chi connectivity index (χ3v) is 4.56. The number of amides is 1. The van der Waals surface area contributed by atoms with Crippen LogP contribution in [0.3, 0.4) is 0 Å². The van der Waals surface area contributed by atoms with E-state index in [1.54, 1.807) is 12.4 Å². The summed E-state index contributed by atoms with van der Waals surface area (Å²) in [5.74, 6) is 1.17. The minimum atomic E-state index is 0.110. The summed E-state index contributed by atoms with van der Waals surface area (Å²) in [4.78, 5) is 18.3. The van der Waals surface area contributed by atoms with Crippen molar-refractivity contribution in [3.8, 4) is 5.75 Å². The van der Waals surface area contributed by atoms with Crippen molar-refractivity contribution in [2.24, 2.45) is 5.41 Å². The second-order valence-electron chi connectivity index (χ2n) is 6.36. The van der Waals surface area contributed by atoms with Gasteiger partial charge in [-0.15, -0.1) is 0 Å². The van der Waals surface area contributed by atoms with Crippen molar-refractivity contribution in [1.82, 2.24) is 9.88 Å². The molecule has 0 N–H and O–H groups in total. The van der Waals surface area contributed by atoms with Gasteiger partial charge in [0.25, 0.3) is 0 Å². The number of nitrogens with zero attached hydrogens (tertiary/aromatic N) is 2. The molecule has 1 saturated heterocycles. The molecule has 0 saturated carbocycles. The van der Waals surface area contributed by atoms with Crippen LogP contribution in [0.15, 0.2) is 48.8 Å². The van der Waals surface area contributed by atoms with E-state index in [1.165, 1.54) is 5.56 Å². The average molecular weight is 294 g/mol. The smallest absolute Gasteiger partial charge is 0.227 e. The molecule has 22 heavy (non-hydrogen) atoms. The Balaban J connectivity index is 1.39. The lowest BCUT2D eigenvalue weighted by Crippen LogP contribution is -2.63. The van der Waals surface area contributed by atoms with Crippen molar-refractivity contribution in [2.45, 2.75) is 12.8 Å².